The highest BCUT2D eigenvalue weighted by Gasteiger charge is 2.36. The minimum absolute atomic E-state index is 0.0638. The molecule has 0 N–H and O–H groups in total. The SMILES string of the molecule is CCCC(F)(CCC)c1cccn2cc(CN3C(=O)c4ccccc4C3=O)nc12. The van der Waals surface area contributed by atoms with Crippen LogP contribution in [0, 0.1) is 0 Å². The van der Waals surface area contributed by atoms with E-state index in [0.29, 0.717) is 40.9 Å². The van der Waals surface area contributed by atoms with Crippen LogP contribution in [0.2, 0.25) is 0 Å². The predicted octanol–water partition coefficient (Wildman–Crippen LogP) is 4.90. The summed E-state index contributed by atoms with van der Waals surface area (Å²) in [6.07, 6.45) is 5.92. The van der Waals surface area contributed by atoms with E-state index in [1.54, 1.807) is 40.9 Å². The number of imide groups is 1. The average Bonchev–Trinajstić information content (AvgIpc) is 3.23. The van der Waals surface area contributed by atoms with Crippen molar-refractivity contribution in [3.05, 3.63) is 71.2 Å². The Labute approximate surface area is 169 Å². The number of hydrogen-bond donors (Lipinski definition) is 0. The summed E-state index contributed by atoms with van der Waals surface area (Å²) in [6.45, 7) is 4.01. The molecule has 5 nitrogen and oxygen atoms in total. The van der Waals surface area contributed by atoms with Crippen LogP contribution in [0.25, 0.3) is 5.65 Å². The van der Waals surface area contributed by atoms with Crippen molar-refractivity contribution < 1.29 is 14.0 Å². The molecule has 150 valence electrons. The smallest absolute Gasteiger partial charge is 0.261 e. The summed E-state index contributed by atoms with van der Waals surface area (Å²) in [5.41, 5.74) is 1.05. The average molecular weight is 393 g/mol. The number of fused-ring (bicyclic) bond motifs is 2. The lowest BCUT2D eigenvalue weighted by Gasteiger charge is -2.25. The fourth-order valence-electron chi connectivity index (χ4n) is 4.22. The highest BCUT2D eigenvalue weighted by Crippen LogP contribution is 2.38. The van der Waals surface area contributed by atoms with Gasteiger partial charge in [-0.3, -0.25) is 14.5 Å². The van der Waals surface area contributed by atoms with E-state index in [-0.39, 0.29) is 18.4 Å². The fraction of sp³-hybridized carbons (Fsp3) is 0.348. The van der Waals surface area contributed by atoms with Gasteiger partial charge in [-0.2, -0.15) is 0 Å². The molecule has 0 unspecified atom stereocenters. The first-order chi connectivity index (χ1) is 14.0. The predicted molar refractivity (Wildman–Crippen MR) is 108 cm³/mol. The Morgan fingerprint density at radius 2 is 1.59 bits per heavy atom. The summed E-state index contributed by atoms with van der Waals surface area (Å²) in [5.74, 6) is -0.639. The molecule has 29 heavy (non-hydrogen) atoms. The van der Waals surface area contributed by atoms with Gasteiger partial charge in [0.25, 0.3) is 11.8 Å². The third-order valence-corrected chi connectivity index (χ3v) is 5.51. The van der Waals surface area contributed by atoms with Gasteiger partial charge >= 0.3 is 0 Å². The normalized spacial score (nSPS) is 14.1. The molecule has 1 aliphatic rings. The maximum absolute atomic E-state index is 15.8. The monoisotopic (exact) mass is 393 g/mol. The minimum Gasteiger partial charge on any atom is -0.306 e. The second kappa shape index (κ2) is 7.43. The van der Waals surface area contributed by atoms with Gasteiger partial charge in [0.05, 0.1) is 23.4 Å². The van der Waals surface area contributed by atoms with Crippen molar-refractivity contribution in [3.8, 4) is 0 Å². The molecule has 0 atom stereocenters. The van der Waals surface area contributed by atoms with Gasteiger partial charge in [-0.15, -0.1) is 0 Å². The number of alkyl halides is 1. The van der Waals surface area contributed by atoms with Crippen LogP contribution in [0.15, 0.2) is 48.8 Å². The molecule has 1 aromatic carbocycles. The Kier molecular flexibility index (Phi) is 4.94. The molecule has 0 saturated heterocycles. The number of pyridine rings is 1. The van der Waals surface area contributed by atoms with Crippen LogP contribution >= 0.6 is 0 Å². The molecule has 4 rings (SSSR count). The summed E-state index contributed by atoms with van der Waals surface area (Å²) in [4.78, 5) is 31.1. The zero-order valence-electron chi connectivity index (χ0n) is 16.7. The first kappa shape index (κ1) is 19.3. The van der Waals surface area contributed by atoms with E-state index in [4.69, 9.17) is 0 Å². The second-order valence-electron chi connectivity index (χ2n) is 7.59. The molecule has 0 bridgehead atoms. The van der Waals surface area contributed by atoms with Gasteiger partial charge in [0.2, 0.25) is 0 Å². The number of nitrogens with zero attached hydrogens (tertiary/aromatic N) is 3. The van der Waals surface area contributed by atoms with E-state index >= 15 is 4.39 Å². The fourth-order valence-corrected chi connectivity index (χ4v) is 4.22. The van der Waals surface area contributed by atoms with Crippen molar-refractivity contribution in [1.82, 2.24) is 14.3 Å². The number of rotatable bonds is 7. The molecule has 2 aromatic heterocycles. The molecule has 3 heterocycles. The van der Waals surface area contributed by atoms with Crippen LogP contribution < -0.4 is 0 Å². The number of carbonyl (C=O) groups is 2. The Balaban J connectivity index is 1.69. The molecule has 1 aliphatic heterocycles. The van der Waals surface area contributed by atoms with Crippen LogP contribution in [0.1, 0.15) is 71.5 Å². The molecule has 0 radical (unpaired) electrons. The summed E-state index contributed by atoms with van der Waals surface area (Å²) in [6, 6.07) is 10.4. The van der Waals surface area contributed by atoms with Crippen molar-refractivity contribution in [2.24, 2.45) is 0 Å². The van der Waals surface area contributed by atoms with Crippen LogP contribution in [0.5, 0.6) is 0 Å². The molecule has 0 spiro atoms. The number of halogens is 1. The van der Waals surface area contributed by atoms with Gasteiger partial charge in [0.15, 0.2) is 0 Å². The van der Waals surface area contributed by atoms with Crippen molar-refractivity contribution in [2.45, 2.75) is 51.7 Å². The summed E-state index contributed by atoms with van der Waals surface area (Å²) in [5, 5.41) is 0. The largest absolute Gasteiger partial charge is 0.306 e. The van der Waals surface area contributed by atoms with Gasteiger partial charge < -0.3 is 4.40 Å². The minimum atomic E-state index is -1.44. The summed E-state index contributed by atoms with van der Waals surface area (Å²) >= 11 is 0. The quantitative estimate of drug-likeness (QED) is 0.537. The van der Waals surface area contributed by atoms with Crippen molar-refractivity contribution in [2.75, 3.05) is 0 Å². The Morgan fingerprint density at radius 1 is 0.966 bits per heavy atom. The molecule has 3 aromatic rings. The van der Waals surface area contributed by atoms with Gasteiger partial charge in [-0.25, -0.2) is 9.37 Å². The van der Waals surface area contributed by atoms with Gasteiger partial charge in [0, 0.05) is 18.0 Å². The molecule has 0 aliphatic carbocycles. The third-order valence-electron chi connectivity index (χ3n) is 5.51. The second-order valence-corrected chi connectivity index (χ2v) is 7.59. The lowest BCUT2D eigenvalue weighted by Crippen LogP contribution is -2.29. The Hall–Kier alpha value is -3.02. The van der Waals surface area contributed by atoms with E-state index < -0.39 is 5.67 Å². The number of hydrogen-bond acceptors (Lipinski definition) is 3. The van der Waals surface area contributed by atoms with Gasteiger partial charge in [0.1, 0.15) is 11.3 Å². The van der Waals surface area contributed by atoms with Gasteiger partial charge in [-0.1, -0.05) is 44.9 Å². The van der Waals surface area contributed by atoms with E-state index in [1.807, 2.05) is 26.1 Å². The zero-order chi connectivity index (χ0) is 20.6. The summed E-state index contributed by atoms with van der Waals surface area (Å²) in [7, 11) is 0. The van der Waals surface area contributed by atoms with Crippen LogP contribution in [0.3, 0.4) is 0 Å². The third kappa shape index (κ3) is 3.22. The molecule has 0 saturated carbocycles. The van der Waals surface area contributed by atoms with Crippen LogP contribution in [-0.2, 0) is 12.2 Å². The topological polar surface area (TPSA) is 54.7 Å². The van der Waals surface area contributed by atoms with E-state index in [1.165, 1.54) is 4.90 Å². The van der Waals surface area contributed by atoms with Crippen LogP contribution in [-0.4, -0.2) is 26.1 Å². The van der Waals surface area contributed by atoms with E-state index in [2.05, 4.69) is 4.98 Å². The molecular weight excluding hydrogens is 369 g/mol. The number of aromatic nitrogens is 2. The maximum Gasteiger partial charge on any atom is 0.261 e. The van der Waals surface area contributed by atoms with E-state index in [0.717, 1.165) is 12.8 Å². The van der Waals surface area contributed by atoms with Crippen molar-refractivity contribution in [3.63, 3.8) is 0 Å². The highest BCUT2D eigenvalue weighted by molar-refractivity contribution is 6.21. The maximum atomic E-state index is 15.8. The van der Waals surface area contributed by atoms with Gasteiger partial charge in [-0.05, 0) is 31.0 Å². The zero-order valence-corrected chi connectivity index (χ0v) is 16.7. The molecule has 6 heteroatoms. The standard InChI is InChI=1S/C23H24FN3O2/c1-3-11-23(24,12-4-2)19-10-7-13-26-14-16(25-20(19)26)15-27-21(28)17-8-5-6-9-18(17)22(27)29/h5-10,13-14H,3-4,11-12,15H2,1-2H3. The highest BCUT2D eigenvalue weighted by atomic mass is 19.1. The molecule has 2 amide bonds. The first-order valence-corrected chi connectivity index (χ1v) is 10.1. The molecule has 0 fully saturated rings. The number of benzene rings is 1. The van der Waals surface area contributed by atoms with Crippen LogP contribution in [0.4, 0.5) is 4.39 Å². The van der Waals surface area contributed by atoms with Crippen molar-refractivity contribution >= 4 is 17.5 Å². The lowest BCUT2D eigenvalue weighted by molar-refractivity contribution is 0.0640. The van der Waals surface area contributed by atoms with Crippen molar-refractivity contribution in [1.29, 1.82) is 0 Å². The number of imidazole rings is 1. The Bertz CT molecular complexity index is 1050. The number of carbonyl (C=O) groups excluding carboxylic acids is 2. The summed E-state index contributed by atoms with van der Waals surface area (Å²) < 4.78 is 17.6. The Morgan fingerprint density at radius 3 is 2.17 bits per heavy atom. The number of amides is 2. The molecular formula is C23H24FN3O2. The lowest BCUT2D eigenvalue weighted by atomic mass is 9.87. The van der Waals surface area contributed by atoms with E-state index in [9.17, 15) is 9.59 Å². The first-order valence-electron chi connectivity index (χ1n) is 10.1.